The van der Waals surface area contributed by atoms with Crippen LogP contribution in [-0.2, 0) is 6.42 Å². The Bertz CT molecular complexity index is 711. The molecule has 0 unspecified atom stereocenters. The molecule has 3 nitrogen and oxygen atoms in total. The first-order chi connectivity index (χ1) is 12.2. The van der Waals surface area contributed by atoms with E-state index >= 15 is 0 Å². The number of hydrogen-bond donors (Lipinski definition) is 1. The molecule has 2 aromatic rings. The standard InChI is InChI=1S/C22H25NO2/c24-21-8-6-18(7-9-21)22(25)15-23-13-19-11-17(12-20(19)14-23)10-16-4-2-1-3-5-16/h1-9,17,19-20,24H,10-15H2/t17-,19+,20-. The Hall–Kier alpha value is -2.13. The average Bonchev–Trinajstić information content (AvgIpc) is 3.14. The monoisotopic (exact) mass is 335 g/mol. The third-order valence-electron chi connectivity index (χ3n) is 5.85. The van der Waals surface area contributed by atoms with Gasteiger partial charge in [-0.1, -0.05) is 30.3 Å². The lowest BCUT2D eigenvalue weighted by Crippen LogP contribution is -2.29. The molecule has 3 heteroatoms. The van der Waals surface area contributed by atoms with Crippen molar-refractivity contribution in [2.45, 2.75) is 19.3 Å². The Balaban J connectivity index is 1.29. The quantitative estimate of drug-likeness (QED) is 0.846. The predicted octanol–water partition coefficient (Wildman–Crippen LogP) is 3.78. The van der Waals surface area contributed by atoms with E-state index in [1.165, 1.54) is 24.8 Å². The number of nitrogens with zero attached hydrogens (tertiary/aromatic N) is 1. The molecule has 0 aromatic heterocycles. The molecular formula is C22H25NO2. The van der Waals surface area contributed by atoms with Crippen molar-refractivity contribution in [2.75, 3.05) is 19.6 Å². The minimum Gasteiger partial charge on any atom is -0.508 e. The molecule has 1 aliphatic carbocycles. The minimum atomic E-state index is 0.154. The van der Waals surface area contributed by atoms with Crippen LogP contribution in [0.3, 0.4) is 0 Å². The number of ketones is 1. The van der Waals surface area contributed by atoms with Gasteiger partial charge < -0.3 is 5.11 Å². The number of aromatic hydroxyl groups is 1. The molecule has 0 radical (unpaired) electrons. The Labute approximate surface area is 149 Å². The molecule has 0 bridgehead atoms. The number of benzene rings is 2. The summed E-state index contributed by atoms with van der Waals surface area (Å²) in [7, 11) is 0. The molecule has 3 atom stereocenters. The van der Waals surface area contributed by atoms with Crippen molar-refractivity contribution in [2.24, 2.45) is 17.8 Å². The van der Waals surface area contributed by atoms with E-state index in [1.807, 2.05) is 0 Å². The maximum absolute atomic E-state index is 12.4. The van der Waals surface area contributed by atoms with Gasteiger partial charge in [0.05, 0.1) is 6.54 Å². The summed E-state index contributed by atoms with van der Waals surface area (Å²) in [5.74, 6) is 2.66. The zero-order valence-electron chi connectivity index (χ0n) is 14.5. The van der Waals surface area contributed by atoms with Crippen molar-refractivity contribution in [3.8, 4) is 5.75 Å². The van der Waals surface area contributed by atoms with Gasteiger partial charge in [-0.15, -0.1) is 0 Å². The second kappa shape index (κ2) is 7.01. The zero-order valence-corrected chi connectivity index (χ0v) is 14.5. The second-order valence-corrected chi connectivity index (χ2v) is 7.71. The van der Waals surface area contributed by atoms with Crippen molar-refractivity contribution >= 4 is 5.78 Å². The van der Waals surface area contributed by atoms with Gasteiger partial charge in [-0.3, -0.25) is 9.69 Å². The molecule has 130 valence electrons. The SMILES string of the molecule is O=C(CN1C[C@H]2C[C@H](Cc3ccccc3)C[C@H]2C1)c1ccc(O)cc1. The summed E-state index contributed by atoms with van der Waals surface area (Å²) in [5, 5.41) is 9.34. The molecule has 2 fully saturated rings. The predicted molar refractivity (Wildman–Crippen MR) is 98.7 cm³/mol. The van der Waals surface area contributed by atoms with Gasteiger partial charge in [-0.25, -0.2) is 0 Å². The molecule has 1 saturated carbocycles. The molecule has 1 N–H and O–H groups in total. The lowest BCUT2D eigenvalue weighted by atomic mass is 9.96. The van der Waals surface area contributed by atoms with E-state index in [0.29, 0.717) is 12.1 Å². The maximum Gasteiger partial charge on any atom is 0.176 e. The number of hydrogen-bond acceptors (Lipinski definition) is 3. The highest BCUT2D eigenvalue weighted by Gasteiger charge is 2.40. The van der Waals surface area contributed by atoms with E-state index in [9.17, 15) is 9.90 Å². The smallest absolute Gasteiger partial charge is 0.176 e. The second-order valence-electron chi connectivity index (χ2n) is 7.71. The van der Waals surface area contributed by atoms with Crippen molar-refractivity contribution in [1.82, 2.24) is 4.90 Å². The largest absolute Gasteiger partial charge is 0.508 e. The van der Waals surface area contributed by atoms with Crippen molar-refractivity contribution in [1.29, 1.82) is 0 Å². The Kier molecular flexibility index (Phi) is 4.58. The van der Waals surface area contributed by atoms with Crippen molar-refractivity contribution < 1.29 is 9.90 Å². The molecule has 2 aromatic carbocycles. The number of phenols is 1. The van der Waals surface area contributed by atoms with Gasteiger partial charge >= 0.3 is 0 Å². The van der Waals surface area contributed by atoms with Gasteiger partial charge in [0, 0.05) is 18.7 Å². The van der Waals surface area contributed by atoms with Crippen LogP contribution in [0, 0.1) is 17.8 Å². The highest BCUT2D eigenvalue weighted by molar-refractivity contribution is 5.97. The van der Waals surface area contributed by atoms with Crippen LogP contribution in [-0.4, -0.2) is 35.4 Å². The Morgan fingerprint density at radius 2 is 1.60 bits per heavy atom. The third kappa shape index (κ3) is 3.77. The van der Waals surface area contributed by atoms with Gasteiger partial charge in [0.25, 0.3) is 0 Å². The van der Waals surface area contributed by atoms with Crippen LogP contribution in [0.15, 0.2) is 54.6 Å². The fourth-order valence-electron chi connectivity index (χ4n) is 4.71. The summed E-state index contributed by atoms with van der Waals surface area (Å²) in [6.45, 7) is 2.61. The third-order valence-corrected chi connectivity index (χ3v) is 5.85. The van der Waals surface area contributed by atoms with Crippen molar-refractivity contribution in [3.05, 3.63) is 65.7 Å². The van der Waals surface area contributed by atoms with Gasteiger partial charge in [0.2, 0.25) is 0 Å². The van der Waals surface area contributed by atoms with E-state index in [2.05, 4.69) is 35.2 Å². The molecule has 0 spiro atoms. The van der Waals surface area contributed by atoms with Crippen LogP contribution in [0.2, 0.25) is 0 Å². The summed E-state index contributed by atoms with van der Waals surface area (Å²) in [6, 6.07) is 17.4. The molecule has 1 heterocycles. The number of fused-ring (bicyclic) bond motifs is 1. The van der Waals surface area contributed by atoms with E-state index in [0.717, 1.165) is 30.8 Å². The average molecular weight is 335 g/mol. The fourth-order valence-corrected chi connectivity index (χ4v) is 4.71. The van der Waals surface area contributed by atoms with Crippen LogP contribution in [0.5, 0.6) is 5.75 Å². The van der Waals surface area contributed by atoms with Crippen LogP contribution in [0.4, 0.5) is 0 Å². The summed E-state index contributed by atoms with van der Waals surface area (Å²) in [5.41, 5.74) is 2.14. The first kappa shape index (κ1) is 16.3. The van der Waals surface area contributed by atoms with Gasteiger partial charge in [0.15, 0.2) is 5.78 Å². The molecule has 4 rings (SSSR count). The number of carbonyl (C=O) groups is 1. The highest BCUT2D eigenvalue weighted by atomic mass is 16.3. The molecule has 25 heavy (non-hydrogen) atoms. The molecule has 1 saturated heterocycles. The summed E-state index contributed by atoms with van der Waals surface area (Å²) >= 11 is 0. The Morgan fingerprint density at radius 1 is 0.960 bits per heavy atom. The topological polar surface area (TPSA) is 40.5 Å². The highest BCUT2D eigenvalue weighted by Crippen LogP contribution is 2.42. The molecule has 0 amide bonds. The first-order valence-corrected chi connectivity index (χ1v) is 9.26. The van der Waals surface area contributed by atoms with E-state index in [-0.39, 0.29) is 11.5 Å². The maximum atomic E-state index is 12.4. The first-order valence-electron chi connectivity index (χ1n) is 9.26. The fraction of sp³-hybridized carbons (Fsp3) is 0.409. The minimum absolute atomic E-state index is 0.154. The number of carbonyl (C=O) groups excluding carboxylic acids is 1. The normalized spacial score (nSPS) is 25.8. The molecular weight excluding hydrogens is 310 g/mol. The number of Topliss-reactive ketones (excluding diaryl/α,β-unsaturated/α-hetero) is 1. The van der Waals surface area contributed by atoms with Gasteiger partial charge in [-0.2, -0.15) is 0 Å². The van der Waals surface area contributed by atoms with Crippen LogP contribution >= 0.6 is 0 Å². The summed E-state index contributed by atoms with van der Waals surface area (Å²) in [4.78, 5) is 14.7. The van der Waals surface area contributed by atoms with E-state index in [4.69, 9.17) is 0 Å². The lowest BCUT2D eigenvalue weighted by molar-refractivity contribution is 0.0940. The van der Waals surface area contributed by atoms with Crippen molar-refractivity contribution in [3.63, 3.8) is 0 Å². The molecule has 1 aliphatic heterocycles. The van der Waals surface area contributed by atoms with Crippen LogP contribution in [0.25, 0.3) is 0 Å². The molecule has 2 aliphatic rings. The zero-order chi connectivity index (χ0) is 17.2. The number of rotatable bonds is 5. The van der Waals surface area contributed by atoms with Crippen LogP contribution in [0.1, 0.15) is 28.8 Å². The number of phenolic OH excluding ortho intramolecular Hbond substituents is 1. The number of likely N-dealkylation sites (tertiary alicyclic amines) is 1. The summed E-state index contributed by atoms with van der Waals surface area (Å²) < 4.78 is 0. The van der Waals surface area contributed by atoms with Gasteiger partial charge in [0.1, 0.15) is 5.75 Å². The van der Waals surface area contributed by atoms with Gasteiger partial charge in [-0.05, 0) is 66.8 Å². The summed E-state index contributed by atoms with van der Waals surface area (Å²) in [6.07, 6.45) is 3.78. The van der Waals surface area contributed by atoms with E-state index in [1.54, 1.807) is 24.3 Å². The van der Waals surface area contributed by atoms with E-state index < -0.39 is 0 Å². The Morgan fingerprint density at radius 3 is 2.24 bits per heavy atom. The lowest BCUT2D eigenvalue weighted by Gasteiger charge is -2.18. The van der Waals surface area contributed by atoms with Crippen LogP contribution < -0.4 is 0 Å².